The number of aliphatic imine (C=N–C) groups is 1. The van der Waals surface area contributed by atoms with Crippen molar-refractivity contribution < 1.29 is 4.74 Å². The molecule has 1 aliphatic rings. The lowest BCUT2D eigenvalue weighted by molar-refractivity contribution is 0.415. The number of aryl methyl sites for hydroxylation is 1. The maximum absolute atomic E-state index is 5.42. The van der Waals surface area contributed by atoms with E-state index in [9.17, 15) is 0 Å². The fourth-order valence-electron chi connectivity index (χ4n) is 3.44. The van der Waals surface area contributed by atoms with Crippen molar-refractivity contribution in [1.82, 2.24) is 15.0 Å². The average Bonchev–Trinajstić information content (AvgIpc) is 3.28. The Bertz CT molecular complexity index is 1260. The van der Waals surface area contributed by atoms with Gasteiger partial charge in [0.1, 0.15) is 11.6 Å². The molecule has 154 valence electrons. The molecule has 0 aliphatic carbocycles. The summed E-state index contributed by atoms with van der Waals surface area (Å²) in [5.74, 6) is 2.96. The molecule has 0 saturated carbocycles. The number of aromatic nitrogens is 3. The van der Waals surface area contributed by atoms with Crippen molar-refractivity contribution in [3.63, 3.8) is 0 Å². The highest BCUT2D eigenvalue weighted by Gasteiger charge is 2.21. The molecule has 6 nitrogen and oxygen atoms in total. The van der Waals surface area contributed by atoms with Crippen LogP contribution in [0.5, 0.6) is 5.75 Å². The molecule has 1 N–H and O–H groups in total. The maximum atomic E-state index is 5.42. The lowest BCUT2D eigenvalue weighted by atomic mass is 10.1. The Labute approximate surface area is 184 Å². The molecule has 2 aromatic carbocycles. The van der Waals surface area contributed by atoms with Crippen LogP contribution in [0.2, 0.25) is 0 Å². The van der Waals surface area contributed by atoms with E-state index in [-0.39, 0.29) is 5.50 Å². The first kappa shape index (κ1) is 19.5. The van der Waals surface area contributed by atoms with Gasteiger partial charge in [-0.2, -0.15) is 0 Å². The lowest BCUT2D eigenvalue weighted by Gasteiger charge is -2.14. The Morgan fingerprint density at radius 3 is 2.68 bits per heavy atom. The zero-order valence-electron chi connectivity index (χ0n) is 17.2. The fourth-order valence-corrected chi connectivity index (χ4v) is 4.39. The Morgan fingerprint density at radius 2 is 1.90 bits per heavy atom. The second kappa shape index (κ2) is 8.35. The van der Waals surface area contributed by atoms with Gasteiger partial charge in [-0.3, -0.25) is 9.98 Å². The van der Waals surface area contributed by atoms with Gasteiger partial charge in [0.25, 0.3) is 0 Å². The van der Waals surface area contributed by atoms with Crippen molar-refractivity contribution in [2.75, 3.05) is 18.2 Å². The monoisotopic (exact) mass is 427 g/mol. The maximum Gasteiger partial charge on any atom is 0.168 e. The minimum Gasteiger partial charge on any atom is -0.497 e. The summed E-state index contributed by atoms with van der Waals surface area (Å²) in [4.78, 5) is 18.7. The lowest BCUT2D eigenvalue weighted by Crippen LogP contribution is -2.12. The quantitative estimate of drug-likeness (QED) is 0.486. The Hall–Kier alpha value is -3.45. The zero-order chi connectivity index (χ0) is 21.2. The molecule has 0 bridgehead atoms. The van der Waals surface area contributed by atoms with Gasteiger partial charge in [-0.05, 0) is 42.8 Å². The van der Waals surface area contributed by atoms with Crippen LogP contribution in [0.3, 0.4) is 0 Å². The summed E-state index contributed by atoms with van der Waals surface area (Å²) in [6, 6.07) is 18.1. The molecule has 0 amide bonds. The molecule has 2 aromatic heterocycles. The number of hydrogen-bond donors (Lipinski definition) is 1. The van der Waals surface area contributed by atoms with E-state index >= 15 is 0 Å². The molecular formula is C24H21N5OS. The predicted octanol–water partition coefficient (Wildman–Crippen LogP) is 4.94. The summed E-state index contributed by atoms with van der Waals surface area (Å²) >= 11 is 1.75. The highest BCUT2D eigenvalue weighted by atomic mass is 32.2. The number of methoxy groups -OCH3 is 1. The van der Waals surface area contributed by atoms with Crippen molar-refractivity contribution >= 4 is 34.2 Å². The zero-order valence-corrected chi connectivity index (χ0v) is 18.1. The van der Waals surface area contributed by atoms with E-state index in [0.29, 0.717) is 5.82 Å². The van der Waals surface area contributed by atoms with Crippen LogP contribution in [0, 0.1) is 6.92 Å². The number of thioether (sulfide) groups is 1. The molecule has 7 heteroatoms. The van der Waals surface area contributed by atoms with Crippen molar-refractivity contribution in [2.24, 2.45) is 4.99 Å². The van der Waals surface area contributed by atoms with Crippen LogP contribution in [0.15, 0.2) is 72.0 Å². The highest BCUT2D eigenvalue weighted by Crippen LogP contribution is 2.31. The van der Waals surface area contributed by atoms with E-state index in [4.69, 9.17) is 19.7 Å². The van der Waals surface area contributed by atoms with Crippen molar-refractivity contribution in [3.8, 4) is 17.1 Å². The minimum absolute atomic E-state index is 0.123. The van der Waals surface area contributed by atoms with Crippen LogP contribution in [0.4, 0.5) is 5.82 Å². The predicted molar refractivity (Wildman–Crippen MR) is 127 cm³/mol. The first-order chi connectivity index (χ1) is 15.2. The highest BCUT2D eigenvalue weighted by molar-refractivity contribution is 8.01. The molecule has 4 aromatic rings. The summed E-state index contributed by atoms with van der Waals surface area (Å²) < 4.78 is 5.42. The summed E-state index contributed by atoms with van der Waals surface area (Å²) in [7, 11) is 1.66. The van der Waals surface area contributed by atoms with Crippen molar-refractivity contribution in [3.05, 3.63) is 78.1 Å². The van der Waals surface area contributed by atoms with Crippen LogP contribution in [-0.4, -0.2) is 39.0 Å². The van der Waals surface area contributed by atoms with Crippen LogP contribution in [0.1, 0.15) is 11.1 Å². The largest absolute Gasteiger partial charge is 0.497 e. The molecule has 0 spiro atoms. The second-order valence-electron chi connectivity index (χ2n) is 7.27. The molecule has 1 atom stereocenters. The van der Waals surface area contributed by atoms with E-state index in [0.717, 1.165) is 45.1 Å². The van der Waals surface area contributed by atoms with Crippen LogP contribution >= 0.6 is 11.8 Å². The van der Waals surface area contributed by atoms with Crippen LogP contribution in [0.25, 0.3) is 22.3 Å². The Morgan fingerprint density at radius 1 is 1.03 bits per heavy atom. The van der Waals surface area contributed by atoms with Gasteiger partial charge in [-0.15, -0.1) is 11.8 Å². The number of nitrogens with zero attached hydrogens (tertiary/aromatic N) is 4. The van der Waals surface area contributed by atoms with Gasteiger partial charge >= 0.3 is 0 Å². The summed E-state index contributed by atoms with van der Waals surface area (Å²) in [5, 5.41) is 4.40. The van der Waals surface area contributed by atoms with E-state index in [1.807, 2.05) is 30.3 Å². The standard InChI is InChI=1S/C24H21N5OS/c1-15-5-7-16(8-6-15)21-14-31-24(27-21)29-23-19-12-18(30-2)9-10-20(19)26-22(28-23)17-4-3-11-25-13-17/h3-13,24H,14H2,1-2H3,(H,26,28,29). The topological polar surface area (TPSA) is 72.3 Å². The van der Waals surface area contributed by atoms with E-state index in [1.54, 1.807) is 31.3 Å². The third kappa shape index (κ3) is 4.09. The van der Waals surface area contributed by atoms with Crippen molar-refractivity contribution in [1.29, 1.82) is 0 Å². The summed E-state index contributed by atoms with van der Waals surface area (Å²) in [6.45, 7) is 2.09. The molecule has 3 heterocycles. The van der Waals surface area contributed by atoms with Gasteiger partial charge in [0.05, 0.1) is 18.3 Å². The SMILES string of the molecule is COc1ccc2nc(-c3cccnc3)nc(NC3N=C(c4ccc(C)cc4)CS3)c2c1. The molecule has 31 heavy (non-hydrogen) atoms. The number of benzene rings is 2. The summed E-state index contributed by atoms with van der Waals surface area (Å²) in [5.41, 5.74) is 5.07. The molecule has 0 saturated heterocycles. The first-order valence-corrected chi connectivity index (χ1v) is 11.0. The molecule has 1 aliphatic heterocycles. The third-order valence-electron chi connectivity index (χ3n) is 5.12. The van der Waals surface area contributed by atoms with Crippen LogP contribution in [-0.2, 0) is 0 Å². The smallest absolute Gasteiger partial charge is 0.168 e. The van der Waals surface area contributed by atoms with Gasteiger partial charge in [-0.1, -0.05) is 29.8 Å². The Balaban J connectivity index is 1.52. The number of pyridine rings is 1. The van der Waals surface area contributed by atoms with Gasteiger partial charge in [-0.25, -0.2) is 9.97 Å². The normalized spacial score (nSPS) is 15.7. The van der Waals surface area contributed by atoms with Crippen LogP contribution < -0.4 is 10.1 Å². The molecule has 5 rings (SSSR count). The number of anilines is 1. The Kier molecular flexibility index (Phi) is 5.26. The summed E-state index contributed by atoms with van der Waals surface area (Å²) in [6.07, 6.45) is 3.51. The minimum atomic E-state index is -0.123. The van der Waals surface area contributed by atoms with Gasteiger partial charge < -0.3 is 10.1 Å². The van der Waals surface area contributed by atoms with Gasteiger partial charge in [0.2, 0.25) is 0 Å². The van der Waals surface area contributed by atoms with E-state index in [1.165, 1.54) is 5.56 Å². The molecular weight excluding hydrogens is 406 g/mol. The average molecular weight is 428 g/mol. The first-order valence-electron chi connectivity index (χ1n) is 9.98. The number of hydrogen-bond acceptors (Lipinski definition) is 7. The van der Waals surface area contributed by atoms with E-state index < -0.39 is 0 Å². The van der Waals surface area contributed by atoms with Gasteiger partial charge in [0.15, 0.2) is 11.3 Å². The van der Waals surface area contributed by atoms with Crippen molar-refractivity contribution in [2.45, 2.75) is 12.4 Å². The molecule has 1 unspecified atom stereocenters. The number of rotatable bonds is 5. The number of fused-ring (bicyclic) bond motifs is 1. The number of ether oxygens (including phenoxy) is 1. The molecule has 0 fully saturated rings. The van der Waals surface area contributed by atoms with Gasteiger partial charge in [0, 0.05) is 29.1 Å². The second-order valence-corrected chi connectivity index (χ2v) is 8.34. The molecule has 0 radical (unpaired) electrons. The van der Waals surface area contributed by atoms with E-state index in [2.05, 4.69) is 41.5 Å². The number of nitrogens with one attached hydrogen (secondary N) is 1. The third-order valence-corrected chi connectivity index (χ3v) is 6.10. The fraction of sp³-hybridized carbons (Fsp3) is 0.167.